The Morgan fingerprint density at radius 3 is 2.14 bits per heavy atom. The van der Waals surface area contributed by atoms with E-state index < -0.39 is 24.4 Å². The predicted molar refractivity (Wildman–Crippen MR) is 140 cm³/mol. The van der Waals surface area contributed by atoms with E-state index in [0.29, 0.717) is 28.0 Å². The highest BCUT2D eigenvalue weighted by Gasteiger charge is 2.44. The zero-order chi connectivity index (χ0) is 25.2. The van der Waals surface area contributed by atoms with E-state index in [0.717, 1.165) is 33.0 Å². The van der Waals surface area contributed by atoms with Crippen LogP contribution in [-0.2, 0) is 0 Å². The second-order valence-corrected chi connectivity index (χ2v) is 9.03. The van der Waals surface area contributed by atoms with Crippen molar-refractivity contribution in [2.24, 2.45) is 0 Å². The first-order valence-corrected chi connectivity index (χ1v) is 11.9. The van der Waals surface area contributed by atoms with Crippen LogP contribution in [0.15, 0.2) is 48.5 Å². The number of amides is 1. The van der Waals surface area contributed by atoms with Crippen LogP contribution in [0.4, 0.5) is 25.0 Å². The molecule has 0 N–H and O–H groups in total. The zero-order valence-corrected chi connectivity index (χ0v) is 20.7. The molecule has 2 aliphatic heterocycles. The first kappa shape index (κ1) is 23.1. The molecule has 2 aliphatic rings. The lowest BCUT2D eigenvalue weighted by molar-refractivity contribution is 0.209. The molecular weight excluding hydrogens is 443 g/mol. The number of carbonyl (C=O) groups excluding carboxylic acids is 1. The fourth-order valence-electron chi connectivity index (χ4n) is 5.39. The molecule has 4 aromatic carbocycles. The largest absolute Gasteiger partial charge is 0.424 e. The lowest BCUT2D eigenvalue weighted by Crippen LogP contribution is -2.61. The molecule has 35 heavy (non-hydrogen) atoms. The summed E-state index contributed by atoms with van der Waals surface area (Å²) in [7, 11) is 0. The maximum Gasteiger partial charge on any atom is 0.424 e. The van der Waals surface area contributed by atoms with Gasteiger partial charge in [-0.25, -0.2) is 18.5 Å². The molecule has 6 heteroatoms. The third-order valence-electron chi connectivity index (χ3n) is 7.04. The summed E-state index contributed by atoms with van der Waals surface area (Å²) in [6, 6.07) is 13.6. The number of nitrogens with zero attached hydrogens (tertiary/aromatic N) is 1. The van der Waals surface area contributed by atoms with Gasteiger partial charge in [0, 0.05) is 16.5 Å². The normalized spacial score (nSPS) is 13.3. The molecule has 2 heterocycles. The number of benzene rings is 4. The first-order chi connectivity index (χ1) is 16.8. The fourth-order valence-corrected chi connectivity index (χ4v) is 5.39. The van der Waals surface area contributed by atoms with Gasteiger partial charge in [0.15, 0.2) is 0 Å². The van der Waals surface area contributed by atoms with Gasteiger partial charge in [0.1, 0.15) is 17.4 Å². The number of anilines is 2. The highest BCUT2D eigenvalue weighted by atomic mass is 19.1. The van der Waals surface area contributed by atoms with Crippen molar-refractivity contribution in [3.8, 4) is 5.75 Å². The van der Waals surface area contributed by atoms with Crippen LogP contribution in [0, 0.1) is 39.3 Å². The van der Waals surface area contributed by atoms with Crippen molar-refractivity contribution < 1.29 is 18.3 Å². The SMILES string of the molecule is CC.Cc1cc2c(cc1C)N1C(=O)Oc3c(C)cc(C)c4ccc(c1c34)B2c1c(F)cccc1F. The summed E-state index contributed by atoms with van der Waals surface area (Å²) in [6.07, 6.45) is -0.514. The molecule has 6 rings (SSSR count). The molecule has 0 saturated heterocycles. The van der Waals surface area contributed by atoms with Crippen molar-refractivity contribution in [2.75, 3.05) is 4.90 Å². The van der Waals surface area contributed by atoms with E-state index >= 15 is 8.78 Å². The third-order valence-corrected chi connectivity index (χ3v) is 7.04. The summed E-state index contributed by atoms with van der Waals surface area (Å²) in [5.41, 5.74) is 6.46. The van der Waals surface area contributed by atoms with Crippen LogP contribution in [-0.4, -0.2) is 12.8 Å². The van der Waals surface area contributed by atoms with Crippen molar-refractivity contribution in [1.29, 1.82) is 0 Å². The molecule has 0 spiro atoms. The summed E-state index contributed by atoms with van der Waals surface area (Å²) in [6.45, 7) is 11.1. The summed E-state index contributed by atoms with van der Waals surface area (Å²) in [4.78, 5) is 14.9. The Balaban J connectivity index is 0.00000124. The number of hydrogen-bond acceptors (Lipinski definition) is 2. The molecule has 0 radical (unpaired) electrons. The number of ether oxygens (including phenoxy) is 1. The Labute approximate surface area is 204 Å². The van der Waals surface area contributed by atoms with Gasteiger partial charge in [-0.1, -0.05) is 44.2 Å². The topological polar surface area (TPSA) is 29.5 Å². The van der Waals surface area contributed by atoms with Gasteiger partial charge in [0.05, 0.1) is 5.69 Å². The maximum atomic E-state index is 15.2. The number of halogens is 2. The predicted octanol–water partition coefficient (Wildman–Crippen LogP) is 5.86. The molecule has 1 amide bonds. The quantitative estimate of drug-likeness (QED) is 0.327. The van der Waals surface area contributed by atoms with E-state index in [1.165, 1.54) is 18.2 Å². The average molecular weight is 469 g/mol. The molecule has 4 aromatic rings. The van der Waals surface area contributed by atoms with Gasteiger partial charge < -0.3 is 4.74 Å². The van der Waals surface area contributed by atoms with Crippen molar-refractivity contribution in [3.05, 3.63) is 82.4 Å². The zero-order valence-electron chi connectivity index (χ0n) is 20.7. The molecule has 0 unspecified atom stereocenters. The Hall–Kier alpha value is -3.67. The Morgan fingerprint density at radius 2 is 1.46 bits per heavy atom. The van der Waals surface area contributed by atoms with Gasteiger partial charge in [-0.3, -0.25) is 0 Å². The standard InChI is InChI=1S/C27H20BF2NO2.C2H6/c1-13-11-19-22(12-14(13)2)31-25-18(28(19)24-20(29)6-5-7-21(24)30)9-8-17-15(3)10-16(4)26(23(17)25)33-27(31)32;1-2/h5-12H,1-4H3;1-2H3. The van der Waals surface area contributed by atoms with Gasteiger partial charge in [0.2, 0.25) is 0 Å². The van der Waals surface area contributed by atoms with Gasteiger partial charge >= 0.3 is 6.09 Å². The highest BCUT2D eigenvalue weighted by molar-refractivity contribution is 6.98. The smallest absolute Gasteiger partial charge is 0.409 e. The third kappa shape index (κ3) is 3.19. The minimum atomic E-state index is -0.698. The van der Waals surface area contributed by atoms with E-state index in [2.05, 4.69) is 0 Å². The first-order valence-electron chi connectivity index (χ1n) is 11.9. The van der Waals surface area contributed by atoms with Crippen LogP contribution in [0.2, 0.25) is 0 Å². The van der Waals surface area contributed by atoms with Crippen LogP contribution >= 0.6 is 0 Å². The number of hydrogen-bond donors (Lipinski definition) is 0. The van der Waals surface area contributed by atoms with E-state index in [-0.39, 0.29) is 5.46 Å². The molecule has 0 aromatic heterocycles. The van der Waals surface area contributed by atoms with E-state index in [1.807, 2.05) is 71.9 Å². The molecular formula is C29H26BF2NO2. The van der Waals surface area contributed by atoms with Gasteiger partial charge in [0.25, 0.3) is 6.71 Å². The molecule has 0 aliphatic carbocycles. The molecule has 0 atom stereocenters. The minimum absolute atomic E-state index is 0.0119. The second-order valence-electron chi connectivity index (χ2n) is 9.03. The number of aryl methyl sites for hydroxylation is 4. The Kier molecular flexibility index (Phi) is 5.43. The molecule has 0 bridgehead atoms. The highest BCUT2D eigenvalue weighted by Crippen LogP contribution is 2.45. The van der Waals surface area contributed by atoms with E-state index in [4.69, 9.17) is 4.74 Å². The fraction of sp³-hybridized carbons (Fsp3) is 0.207. The molecule has 0 fully saturated rings. The molecule has 176 valence electrons. The van der Waals surface area contributed by atoms with Crippen LogP contribution < -0.4 is 26.0 Å². The second kappa shape index (κ2) is 8.23. The maximum absolute atomic E-state index is 15.2. The van der Waals surface area contributed by atoms with Crippen molar-refractivity contribution in [3.63, 3.8) is 0 Å². The van der Waals surface area contributed by atoms with E-state index in [9.17, 15) is 4.79 Å². The van der Waals surface area contributed by atoms with Gasteiger partial charge in [-0.05, 0) is 84.5 Å². The van der Waals surface area contributed by atoms with Crippen LogP contribution in [0.25, 0.3) is 10.8 Å². The molecule has 0 saturated carbocycles. The Bertz CT molecular complexity index is 1530. The van der Waals surface area contributed by atoms with Crippen LogP contribution in [0.1, 0.15) is 36.1 Å². The number of carbonyl (C=O) groups is 1. The monoisotopic (exact) mass is 469 g/mol. The Morgan fingerprint density at radius 1 is 0.800 bits per heavy atom. The summed E-state index contributed by atoms with van der Waals surface area (Å²) >= 11 is 0. The lowest BCUT2D eigenvalue weighted by atomic mass is 9.34. The van der Waals surface area contributed by atoms with Crippen LogP contribution in [0.3, 0.4) is 0 Å². The summed E-state index contributed by atoms with van der Waals surface area (Å²) < 4.78 is 36.2. The summed E-state index contributed by atoms with van der Waals surface area (Å²) in [5, 5.41) is 1.75. The van der Waals surface area contributed by atoms with Crippen molar-refractivity contribution >= 4 is 51.3 Å². The lowest BCUT2D eigenvalue weighted by Gasteiger charge is -2.39. The van der Waals surface area contributed by atoms with Gasteiger partial charge in [-0.2, -0.15) is 0 Å². The van der Waals surface area contributed by atoms with Gasteiger partial charge in [-0.15, -0.1) is 0 Å². The number of fused-ring (bicyclic) bond motifs is 2. The van der Waals surface area contributed by atoms with Crippen LogP contribution in [0.5, 0.6) is 5.75 Å². The number of rotatable bonds is 1. The minimum Gasteiger partial charge on any atom is -0.409 e. The van der Waals surface area contributed by atoms with Crippen molar-refractivity contribution in [2.45, 2.75) is 41.5 Å². The van der Waals surface area contributed by atoms with E-state index in [1.54, 1.807) is 4.90 Å². The van der Waals surface area contributed by atoms with Crippen molar-refractivity contribution in [1.82, 2.24) is 0 Å². The molecule has 3 nitrogen and oxygen atoms in total. The summed E-state index contributed by atoms with van der Waals surface area (Å²) in [5.74, 6) is -0.707. The average Bonchev–Trinajstić information content (AvgIpc) is 2.83.